The Morgan fingerprint density at radius 1 is 1.22 bits per heavy atom. The van der Waals surface area contributed by atoms with E-state index in [4.69, 9.17) is 5.73 Å². The fourth-order valence-electron chi connectivity index (χ4n) is 2.48. The summed E-state index contributed by atoms with van der Waals surface area (Å²) in [5.41, 5.74) is 5.31. The lowest BCUT2D eigenvalue weighted by atomic mass is 9.99. The van der Waals surface area contributed by atoms with Crippen molar-refractivity contribution in [2.45, 2.75) is 52.0 Å². The van der Waals surface area contributed by atoms with Crippen molar-refractivity contribution in [2.24, 2.45) is 5.73 Å². The molecule has 108 valence electrons. The Balaban J connectivity index is 2.98. The molecule has 0 amide bonds. The fourth-order valence-corrected chi connectivity index (χ4v) is 4.57. The predicted octanol–water partition coefficient (Wildman–Crippen LogP) is 1.17. The van der Waals surface area contributed by atoms with E-state index in [2.05, 4.69) is 0 Å². The maximum atomic E-state index is 12.7. The Kier molecular flexibility index (Phi) is 5.58. The first-order chi connectivity index (χ1) is 8.42. The predicted molar refractivity (Wildman–Crippen MR) is 74.5 cm³/mol. The second-order valence-electron chi connectivity index (χ2n) is 5.19. The smallest absolute Gasteiger partial charge is 0.282 e. The molecule has 0 aromatic rings. The van der Waals surface area contributed by atoms with E-state index in [0.717, 1.165) is 25.7 Å². The van der Waals surface area contributed by atoms with Crippen LogP contribution in [0.3, 0.4) is 0 Å². The minimum atomic E-state index is -3.37. The molecule has 0 spiro atoms. The lowest BCUT2D eigenvalue weighted by molar-refractivity contribution is 0.192. The van der Waals surface area contributed by atoms with E-state index in [1.165, 1.54) is 0 Å². The van der Waals surface area contributed by atoms with Crippen molar-refractivity contribution in [1.29, 1.82) is 0 Å². The topological polar surface area (TPSA) is 66.6 Å². The summed E-state index contributed by atoms with van der Waals surface area (Å²) in [7, 11) is -3.37. The van der Waals surface area contributed by atoms with Crippen molar-refractivity contribution < 1.29 is 8.42 Å². The van der Waals surface area contributed by atoms with Crippen LogP contribution in [0.15, 0.2) is 0 Å². The molecule has 0 aromatic heterocycles. The van der Waals surface area contributed by atoms with E-state index in [0.29, 0.717) is 26.2 Å². The van der Waals surface area contributed by atoms with Gasteiger partial charge in [0.15, 0.2) is 0 Å². The van der Waals surface area contributed by atoms with Gasteiger partial charge in [0, 0.05) is 31.7 Å². The largest absolute Gasteiger partial charge is 0.329 e. The Morgan fingerprint density at radius 3 is 2.17 bits per heavy atom. The van der Waals surface area contributed by atoms with Gasteiger partial charge in [0.2, 0.25) is 0 Å². The molecule has 1 fully saturated rings. The van der Waals surface area contributed by atoms with E-state index in [-0.39, 0.29) is 0 Å². The first-order valence-electron chi connectivity index (χ1n) is 6.90. The summed E-state index contributed by atoms with van der Waals surface area (Å²) in [6.45, 7) is 7.90. The van der Waals surface area contributed by atoms with Crippen molar-refractivity contribution in [3.8, 4) is 0 Å². The molecule has 0 saturated carbocycles. The Labute approximate surface area is 112 Å². The van der Waals surface area contributed by atoms with Gasteiger partial charge in [0.25, 0.3) is 10.2 Å². The molecule has 18 heavy (non-hydrogen) atoms. The highest BCUT2D eigenvalue weighted by Crippen LogP contribution is 2.25. The summed E-state index contributed by atoms with van der Waals surface area (Å²) < 4.78 is 28.5. The van der Waals surface area contributed by atoms with Crippen LogP contribution in [0.5, 0.6) is 0 Å². The summed E-state index contributed by atoms with van der Waals surface area (Å²) in [4.78, 5) is 0. The van der Waals surface area contributed by atoms with Crippen LogP contribution in [0.4, 0.5) is 0 Å². The molecule has 1 atom stereocenters. The molecular weight excluding hydrogens is 250 g/mol. The standard InChI is InChI=1S/C12H27N3O2S/c1-4-12(3,11-13)15(5-2)18(16,17)14-9-7-6-8-10-14/h4-11,13H2,1-3H3. The molecule has 1 saturated heterocycles. The molecule has 6 heteroatoms. The van der Waals surface area contributed by atoms with Crippen LogP contribution in [-0.2, 0) is 10.2 Å². The normalized spacial score (nSPS) is 22.1. The van der Waals surface area contributed by atoms with E-state index in [1.54, 1.807) is 8.61 Å². The zero-order valence-electron chi connectivity index (χ0n) is 11.9. The van der Waals surface area contributed by atoms with Crippen LogP contribution in [0.2, 0.25) is 0 Å². The van der Waals surface area contributed by atoms with Gasteiger partial charge in [-0.1, -0.05) is 20.3 Å². The number of hydrogen-bond donors (Lipinski definition) is 1. The van der Waals surface area contributed by atoms with Crippen molar-refractivity contribution >= 4 is 10.2 Å². The van der Waals surface area contributed by atoms with E-state index in [9.17, 15) is 8.42 Å². The first kappa shape index (κ1) is 15.9. The first-order valence-corrected chi connectivity index (χ1v) is 8.30. The van der Waals surface area contributed by atoms with E-state index >= 15 is 0 Å². The SMILES string of the molecule is CCN(C(C)(CC)CN)S(=O)(=O)N1CCCCC1. The quantitative estimate of drug-likeness (QED) is 0.792. The highest BCUT2D eigenvalue weighted by molar-refractivity contribution is 7.86. The molecule has 0 bridgehead atoms. The van der Waals surface area contributed by atoms with Crippen LogP contribution in [0.25, 0.3) is 0 Å². The highest BCUT2D eigenvalue weighted by Gasteiger charge is 2.40. The van der Waals surface area contributed by atoms with Crippen LogP contribution >= 0.6 is 0 Å². The molecule has 0 aromatic carbocycles. The van der Waals surface area contributed by atoms with Crippen molar-refractivity contribution in [3.05, 3.63) is 0 Å². The minimum Gasteiger partial charge on any atom is -0.329 e. The van der Waals surface area contributed by atoms with Crippen LogP contribution in [-0.4, -0.2) is 48.7 Å². The Morgan fingerprint density at radius 2 is 1.78 bits per heavy atom. The number of hydrogen-bond acceptors (Lipinski definition) is 3. The lowest BCUT2D eigenvalue weighted by Gasteiger charge is -2.41. The lowest BCUT2D eigenvalue weighted by Crippen LogP contribution is -2.58. The van der Waals surface area contributed by atoms with Crippen molar-refractivity contribution in [3.63, 3.8) is 0 Å². The summed E-state index contributed by atoms with van der Waals surface area (Å²) in [6.07, 6.45) is 3.77. The average molecular weight is 277 g/mol. The van der Waals surface area contributed by atoms with Crippen molar-refractivity contribution in [2.75, 3.05) is 26.2 Å². The maximum Gasteiger partial charge on any atom is 0.282 e. The molecule has 5 nitrogen and oxygen atoms in total. The third kappa shape index (κ3) is 3.04. The van der Waals surface area contributed by atoms with Crippen LogP contribution in [0.1, 0.15) is 46.5 Å². The van der Waals surface area contributed by atoms with Crippen molar-refractivity contribution in [1.82, 2.24) is 8.61 Å². The number of nitrogens with zero attached hydrogens (tertiary/aromatic N) is 2. The average Bonchev–Trinajstić information content (AvgIpc) is 2.40. The molecule has 0 radical (unpaired) electrons. The van der Waals surface area contributed by atoms with Gasteiger partial charge >= 0.3 is 0 Å². The van der Waals surface area contributed by atoms with Gasteiger partial charge in [-0.3, -0.25) is 0 Å². The van der Waals surface area contributed by atoms with Gasteiger partial charge in [0.05, 0.1) is 0 Å². The summed E-state index contributed by atoms with van der Waals surface area (Å²) in [5.74, 6) is 0. The summed E-state index contributed by atoms with van der Waals surface area (Å²) in [5, 5.41) is 0. The number of piperidine rings is 1. The van der Waals surface area contributed by atoms with E-state index < -0.39 is 15.7 Å². The third-order valence-electron chi connectivity index (χ3n) is 4.01. The summed E-state index contributed by atoms with van der Waals surface area (Å²) >= 11 is 0. The third-order valence-corrected chi connectivity index (χ3v) is 6.28. The van der Waals surface area contributed by atoms with E-state index in [1.807, 2.05) is 20.8 Å². The minimum absolute atomic E-state index is 0.352. The van der Waals surface area contributed by atoms with Gasteiger partial charge in [0.1, 0.15) is 0 Å². The molecule has 1 aliphatic heterocycles. The molecule has 1 aliphatic rings. The van der Waals surface area contributed by atoms with Gasteiger partial charge in [-0.2, -0.15) is 17.0 Å². The van der Waals surface area contributed by atoms with Gasteiger partial charge < -0.3 is 5.73 Å². The van der Waals surface area contributed by atoms with Crippen LogP contribution in [0, 0.1) is 0 Å². The highest BCUT2D eigenvalue weighted by atomic mass is 32.2. The maximum absolute atomic E-state index is 12.7. The number of nitrogens with two attached hydrogens (primary N) is 1. The Bertz CT molecular complexity index is 346. The zero-order valence-corrected chi connectivity index (χ0v) is 12.7. The zero-order chi connectivity index (χ0) is 13.8. The Hall–Kier alpha value is -0.170. The molecule has 1 rings (SSSR count). The van der Waals surface area contributed by atoms with Crippen LogP contribution < -0.4 is 5.73 Å². The monoisotopic (exact) mass is 277 g/mol. The van der Waals surface area contributed by atoms with Gasteiger partial charge in [-0.15, -0.1) is 0 Å². The summed E-state index contributed by atoms with van der Waals surface area (Å²) in [6, 6.07) is 0. The fraction of sp³-hybridized carbons (Fsp3) is 1.00. The molecule has 0 aliphatic carbocycles. The number of rotatable bonds is 6. The second-order valence-corrected chi connectivity index (χ2v) is 7.04. The second kappa shape index (κ2) is 6.32. The molecule has 1 unspecified atom stereocenters. The van der Waals surface area contributed by atoms with Gasteiger partial charge in [-0.05, 0) is 26.2 Å². The van der Waals surface area contributed by atoms with Gasteiger partial charge in [-0.25, -0.2) is 0 Å². The molecule has 1 heterocycles. The number of likely N-dealkylation sites (N-methyl/N-ethyl adjacent to an activating group) is 1. The molecular formula is C12H27N3O2S. The molecule has 2 N–H and O–H groups in total.